The van der Waals surface area contributed by atoms with E-state index in [-0.39, 0.29) is 16.1 Å². The van der Waals surface area contributed by atoms with Crippen LogP contribution in [0.15, 0.2) is 105 Å². The van der Waals surface area contributed by atoms with E-state index in [2.05, 4.69) is 25.6 Å². The molecule has 0 amide bonds. The van der Waals surface area contributed by atoms with Gasteiger partial charge in [0.15, 0.2) is 0 Å². The van der Waals surface area contributed by atoms with Crippen molar-refractivity contribution in [3.8, 4) is 0 Å². The van der Waals surface area contributed by atoms with Gasteiger partial charge in [0.2, 0.25) is 0 Å². The van der Waals surface area contributed by atoms with Crippen molar-refractivity contribution in [3.63, 3.8) is 0 Å². The molecule has 0 aliphatic rings. The lowest BCUT2D eigenvalue weighted by Gasteiger charge is -2.17. The van der Waals surface area contributed by atoms with Crippen LogP contribution in [0.2, 0.25) is 0 Å². The zero-order valence-corrected chi connectivity index (χ0v) is 18.0. The molecule has 5 nitrogen and oxygen atoms in total. The molecule has 150 valence electrons. The number of sulfonamides is 1. The first-order valence-corrected chi connectivity index (χ1v) is 11.3. The molecule has 4 rings (SSSR count). The third-order valence-electron chi connectivity index (χ3n) is 4.49. The van der Waals surface area contributed by atoms with Crippen molar-refractivity contribution in [3.05, 3.63) is 101 Å². The fourth-order valence-corrected chi connectivity index (χ4v) is 4.34. The standard InChI is InChI=1S/C23H17BrN2O3S/c24-18-10-13-20(14-11-18)30(28,29)26-22-8-4-3-7-21(22)23(27)25-19-12-9-16-5-1-2-6-17(16)15-19/h1-15,26H,(H,25,27)/p-1. The van der Waals surface area contributed by atoms with E-state index in [0.29, 0.717) is 5.69 Å². The number of hydrogen-bond donors (Lipinski definition) is 1. The van der Waals surface area contributed by atoms with Crippen molar-refractivity contribution in [2.45, 2.75) is 4.90 Å². The second-order valence-corrected chi connectivity index (χ2v) is 9.15. The molecule has 30 heavy (non-hydrogen) atoms. The van der Waals surface area contributed by atoms with Crippen molar-refractivity contribution >= 4 is 54.0 Å². The Hall–Kier alpha value is -3.16. The number of hydrogen-bond acceptors (Lipinski definition) is 4. The minimum absolute atomic E-state index is 0.0967. The molecule has 4 aromatic rings. The van der Waals surface area contributed by atoms with Gasteiger partial charge in [0.1, 0.15) is 0 Å². The van der Waals surface area contributed by atoms with E-state index in [1.165, 1.54) is 12.1 Å². The highest BCUT2D eigenvalue weighted by molar-refractivity contribution is 9.10. The third-order valence-corrected chi connectivity index (χ3v) is 6.40. The number of benzene rings is 4. The molecule has 0 atom stereocenters. The van der Waals surface area contributed by atoms with Crippen LogP contribution in [-0.2, 0) is 10.0 Å². The van der Waals surface area contributed by atoms with Crippen LogP contribution in [-0.4, -0.2) is 14.3 Å². The van der Waals surface area contributed by atoms with Gasteiger partial charge in [-0.25, -0.2) is 8.42 Å². The van der Waals surface area contributed by atoms with Crippen LogP contribution >= 0.6 is 15.9 Å². The maximum absolute atomic E-state index is 12.8. The molecule has 0 unspecified atom stereocenters. The maximum atomic E-state index is 12.8. The van der Waals surface area contributed by atoms with E-state index in [9.17, 15) is 13.5 Å². The summed E-state index contributed by atoms with van der Waals surface area (Å²) in [5, 5.41) is 14.8. The Bertz CT molecular complexity index is 1350. The summed E-state index contributed by atoms with van der Waals surface area (Å²) in [7, 11) is -3.85. The van der Waals surface area contributed by atoms with E-state index in [1.807, 2.05) is 36.4 Å². The van der Waals surface area contributed by atoms with E-state index in [1.54, 1.807) is 42.5 Å². The summed E-state index contributed by atoms with van der Waals surface area (Å²) in [4.78, 5) is 4.27. The average Bonchev–Trinajstić information content (AvgIpc) is 2.74. The molecule has 0 bridgehead atoms. The second kappa shape index (κ2) is 8.30. The highest BCUT2D eigenvalue weighted by Gasteiger charge is 2.16. The molecular formula is C23H16BrN2O3S-. The van der Waals surface area contributed by atoms with E-state index < -0.39 is 15.9 Å². The van der Waals surface area contributed by atoms with Gasteiger partial charge < -0.3 is 5.11 Å². The summed E-state index contributed by atoms with van der Waals surface area (Å²) < 4.78 is 28.7. The fraction of sp³-hybridized carbons (Fsp3) is 0. The quantitative estimate of drug-likeness (QED) is 0.328. The molecular weight excluding hydrogens is 464 g/mol. The minimum atomic E-state index is -3.85. The molecule has 0 aliphatic heterocycles. The number of halogens is 1. The number of fused-ring (bicyclic) bond motifs is 1. The largest absolute Gasteiger partial charge is 0.858 e. The lowest BCUT2D eigenvalue weighted by atomic mass is 10.1. The number of rotatable bonds is 5. The van der Waals surface area contributed by atoms with Crippen LogP contribution in [0.1, 0.15) is 5.56 Å². The van der Waals surface area contributed by atoms with Gasteiger partial charge in [-0.15, -0.1) is 0 Å². The summed E-state index contributed by atoms with van der Waals surface area (Å²) in [6.07, 6.45) is 0. The molecule has 0 spiro atoms. The van der Waals surface area contributed by atoms with E-state index >= 15 is 0 Å². The average molecular weight is 480 g/mol. The number of aliphatic imine (C=N–C) groups is 1. The first-order chi connectivity index (χ1) is 14.4. The van der Waals surface area contributed by atoms with E-state index in [0.717, 1.165) is 15.2 Å². The van der Waals surface area contributed by atoms with Gasteiger partial charge in [0.25, 0.3) is 10.0 Å². The molecule has 1 N–H and O–H groups in total. The fourth-order valence-electron chi connectivity index (χ4n) is 3.00. The molecule has 7 heteroatoms. The smallest absolute Gasteiger partial charge is 0.261 e. The van der Waals surface area contributed by atoms with Crippen molar-refractivity contribution in [1.29, 1.82) is 0 Å². The number of nitrogens with zero attached hydrogens (tertiary/aromatic N) is 1. The molecule has 0 aromatic heterocycles. The van der Waals surface area contributed by atoms with Crippen molar-refractivity contribution in [2.75, 3.05) is 4.72 Å². The van der Waals surface area contributed by atoms with Gasteiger partial charge in [-0.2, -0.15) is 0 Å². The van der Waals surface area contributed by atoms with Gasteiger partial charge in [-0.1, -0.05) is 64.5 Å². The summed E-state index contributed by atoms with van der Waals surface area (Å²) in [6, 6.07) is 25.9. The lowest BCUT2D eigenvalue weighted by Crippen LogP contribution is -2.22. The topological polar surface area (TPSA) is 81.6 Å². The summed E-state index contributed by atoms with van der Waals surface area (Å²) >= 11 is 3.28. The predicted octanol–water partition coefficient (Wildman–Crippen LogP) is 4.84. The predicted molar refractivity (Wildman–Crippen MR) is 122 cm³/mol. The molecule has 0 saturated carbocycles. The molecule has 4 aromatic carbocycles. The van der Waals surface area contributed by atoms with Gasteiger partial charge in [-0.3, -0.25) is 9.71 Å². The van der Waals surface area contributed by atoms with Crippen LogP contribution in [0.3, 0.4) is 0 Å². The first-order valence-electron chi connectivity index (χ1n) is 9.05. The Kier molecular flexibility index (Phi) is 5.57. The van der Waals surface area contributed by atoms with Gasteiger partial charge in [0.05, 0.1) is 16.3 Å². The zero-order chi connectivity index (χ0) is 21.1. The molecule has 0 saturated heterocycles. The summed E-state index contributed by atoms with van der Waals surface area (Å²) in [5.41, 5.74) is 0.852. The lowest BCUT2D eigenvalue weighted by molar-refractivity contribution is -0.212. The minimum Gasteiger partial charge on any atom is -0.858 e. The van der Waals surface area contributed by atoms with Crippen molar-refractivity contribution < 1.29 is 13.5 Å². The van der Waals surface area contributed by atoms with Crippen LogP contribution in [0.5, 0.6) is 0 Å². The highest BCUT2D eigenvalue weighted by Crippen LogP contribution is 2.24. The number of para-hydroxylation sites is 1. The van der Waals surface area contributed by atoms with Crippen LogP contribution < -0.4 is 9.83 Å². The molecule has 0 aliphatic carbocycles. The molecule has 0 fully saturated rings. The number of nitrogens with one attached hydrogen (secondary N) is 1. The van der Waals surface area contributed by atoms with Crippen molar-refractivity contribution in [2.24, 2.45) is 4.99 Å². The SMILES string of the molecule is O=S(=O)(Nc1ccccc1C([O-])=Nc1ccc2ccccc2c1)c1ccc(Br)cc1. The zero-order valence-electron chi connectivity index (χ0n) is 15.6. The Morgan fingerprint density at radius 3 is 2.27 bits per heavy atom. The van der Waals surface area contributed by atoms with Crippen molar-refractivity contribution in [1.82, 2.24) is 0 Å². The first kappa shape index (κ1) is 20.1. The van der Waals surface area contributed by atoms with Gasteiger partial charge in [0, 0.05) is 10.0 Å². The summed E-state index contributed by atoms with van der Waals surface area (Å²) in [6.45, 7) is 0. The van der Waals surface area contributed by atoms with Gasteiger partial charge >= 0.3 is 0 Å². The molecule has 0 radical (unpaired) electrons. The van der Waals surface area contributed by atoms with Gasteiger partial charge in [-0.05, 0) is 59.1 Å². The maximum Gasteiger partial charge on any atom is 0.261 e. The monoisotopic (exact) mass is 479 g/mol. The van der Waals surface area contributed by atoms with Crippen LogP contribution in [0, 0.1) is 0 Å². The summed E-state index contributed by atoms with van der Waals surface area (Å²) in [5.74, 6) is -0.528. The van der Waals surface area contributed by atoms with Crippen LogP contribution in [0.25, 0.3) is 10.8 Å². The Labute approximate surface area is 182 Å². The highest BCUT2D eigenvalue weighted by atomic mass is 79.9. The normalized spacial score (nSPS) is 12.1. The Morgan fingerprint density at radius 1 is 0.833 bits per heavy atom. The Morgan fingerprint density at radius 2 is 1.50 bits per heavy atom. The number of anilines is 1. The molecule has 0 heterocycles. The Balaban J connectivity index is 1.68. The van der Waals surface area contributed by atoms with Crippen LogP contribution in [0.4, 0.5) is 11.4 Å². The second-order valence-electron chi connectivity index (χ2n) is 6.55. The van der Waals surface area contributed by atoms with E-state index in [4.69, 9.17) is 0 Å². The third kappa shape index (κ3) is 4.37.